The Kier molecular flexibility index (Phi) is 6.45. The van der Waals surface area contributed by atoms with E-state index < -0.39 is 5.60 Å². The topological polar surface area (TPSA) is 78.9 Å². The van der Waals surface area contributed by atoms with Gasteiger partial charge in [-0.25, -0.2) is 4.79 Å². The number of ether oxygens (including phenoxy) is 1. The van der Waals surface area contributed by atoms with Crippen LogP contribution in [0.25, 0.3) is 0 Å². The minimum absolute atomic E-state index is 0.0180. The fourth-order valence-electron chi connectivity index (χ4n) is 6.07. The van der Waals surface area contributed by atoms with Gasteiger partial charge in [-0.15, -0.1) is 0 Å². The number of aliphatic hydroxyl groups is 1. The number of esters is 1. The number of carbonyl (C=O) groups excluding carboxylic acids is 2. The lowest BCUT2D eigenvalue weighted by atomic mass is 9.79. The molecule has 1 amide bonds. The number of rotatable bonds is 8. The standard InChI is InChI=1S/C28H34N2O4/c1-34-26(31)20-13-11-19(12-14-20)15-16-30-17-23-24(18-30)25(23)29-27(32)28(33,22-9-5-6-10-22)21-7-3-2-4-8-21/h2-4,7-8,11-14,22-25,33H,5-6,9-10,15-18H2,1H3,(H,29,32)/t23-,24?,25?,28?/m0/s1. The van der Waals surface area contributed by atoms with E-state index in [1.165, 1.54) is 12.7 Å². The SMILES string of the molecule is COC(=O)c1ccc(CCN2CC3C(NC(=O)C(O)(c4ccccc4)C4CCCC4)[C@H]3C2)cc1. The number of hydrogen-bond donors (Lipinski definition) is 2. The third-order valence-corrected chi connectivity index (χ3v) is 8.17. The lowest BCUT2D eigenvalue weighted by Gasteiger charge is -2.33. The second-order valence-corrected chi connectivity index (χ2v) is 10.1. The quantitative estimate of drug-likeness (QED) is 0.590. The first-order valence-corrected chi connectivity index (χ1v) is 12.5. The Hall–Kier alpha value is -2.70. The molecule has 34 heavy (non-hydrogen) atoms. The van der Waals surface area contributed by atoms with Crippen LogP contribution in [-0.4, -0.2) is 54.7 Å². The van der Waals surface area contributed by atoms with Crippen LogP contribution in [0.2, 0.25) is 0 Å². The van der Waals surface area contributed by atoms with Gasteiger partial charge >= 0.3 is 5.97 Å². The number of likely N-dealkylation sites (tertiary alicyclic amines) is 1. The van der Waals surface area contributed by atoms with E-state index >= 15 is 0 Å². The van der Waals surface area contributed by atoms with Crippen molar-refractivity contribution < 1.29 is 19.4 Å². The van der Waals surface area contributed by atoms with Crippen LogP contribution in [0.3, 0.4) is 0 Å². The van der Waals surface area contributed by atoms with Crippen molar-refractivity contribution in [2.45, 2.75) is 43.7 Å². The first kappa shape index (κ1) is 23.1. The van der Waals surface area contributed by atoms with E-state index in [0.717, 1.165) is 51.7 Å². The van der Waals surface area contributed by atoms with Crippen LogP contribution < -0.4 is 5.32 Å². The van der Waals surface area contributed by atoms with Gasteiger partial charge in [-0.1, -0.05) is 55.3 Å². The maximum Gasteiger partial charge on any atom is 0.337 e. The highest BCUT2D eigenvalue weighted by Crippen LogP contribution is 2.47. The zero-order valence-electron chi connectivity index (χ0n) is 19.8. The van der Waals surface area contributed by atoms with Crippen molar-refractivity contribution in [3.63, 3.8) is 0 Å². The summed E-state index contributed by atoms with van der Waals surface area (Å²) in [7, 11) is 1.39. The van der Waals surface area contributed by atoms with E-state index in [1.54, 1.807) is 0 Å². The number of nitrogens with zero attached hydrogens (tertiary/aromatic N) is 1. The van der Waals surface area contributed by atoms with Crippen molar-refractivity contribution in [1.82, 2.24) is 10.2 Å². The van der Waals surface area contributed by atoms with E-state index in [2.05, 4.69) is 10.2 Å². The van der Waals surface area contributed by atoms with Crippen molar-refractivity contribution in [2.24, 2.45) is 17.8 Å². The van der Waals surface area contributed by atoms with E-state index in [4.69, 9.17) is 4.74 Å². The van der Waals surface area contributed by atoms with Crippen LogP contribution in [0.5, 0.6) is 0 Å². The molecule has 2 saturated carbocycles. The second kappa shape index (κ2) is 9.51. The van der Waals surface area contributed by atoms with E-state index in [9.17, 15) is 14.7 Å². The van der Waals surface area contributed by atoms with Crippen molar-refractivity contribution in [3.05, 3.63) is 71.3 Å². The summed E-state index contributed by atoms with van der Waals surface area (Å²) >= 11 is 0. The molecule has 0 bridgehead atoms. The number of nitrogens with one attached hydrogen (secondary N) is 1. The summed E-state index contributed by atoms with van der Waals surface area (Å²) < 4.78 is 4.75. The summed E-state index contributed by atoms with van der Waals surface area (Å²) in [5.41, 5.74) is 1.04. The molecular weight excluding hydrogens is 428 g/mol. The zero-order valence-corrected chi connectivity index (χ0v) is 19.8. The number of fused-ring (bicyclic) bond motifs is 1. The molecule has 3 fully saturated rings. The van der Waals surface area contributed by atoms with Gasteiger partial charge < -0.3 is 20.1 Å². The Labute approximate surface area is 201 Å². The summed E-state index contributed by atoms with van der Waals surface area (Å²) in [6.07, 6.45) is 4.85. The number of benzene rings is 2. The van der Waals surface area contributed by atoms with Gasteiger partial charge in [0.1, 0.15) is 0 Å². The van der Waals surface area contributed by atoms with Gasteiger partial charge in [-0.3, -0.25) is 4.79 Å². The first-order chi connectivity index (χ1) is 16.5. The molecule has 1 aliphatic heterocycles. The van der Waals surface area contributed by atoms with Gasteiger partial charge in [0.2, 0.25) is 0 Å². The predicted molar refractivity (Wildman–Crippen MR) is 129 cm³/mol. The molecular formula is C28H34N2O4. The average Bonchev–Trinajstić information content (AvgIpc) is 3.29. The predicted octanol–water partition coefficient (Wildman–Crippen LogP) is 3.14. The van der Waals surface area contributed by atoms with Crippen LogP contribution in [0, 0.1) is 17.8 Å². The molecule has 180 valence electrons. The first-order valence-electron chi connectivity index (χ1n) is 12.5. The van der Waals surface area contributed by atoms with Crippen LogP contribution in [0.1, 0.15) is 47.2 Å². The average molecular weight is 463 g/mol. The van der Waals surface area contributed by atoms with E-state index in [-0.39, 0.29) is 23.8 Å². The fourth-order valence-corrected chi connectivity index (χ4v) is 6.07. The summed E-state index contributed by atoms with van der Waals surface area (Å²) in [6.45, 7) is 2.91. The molecule has 0 aromatic heterocycles. The van der Waals surface area contributed by atoms with E-state index in [0.29, 0.717) is 23.0 Å². The molecule has 1 saturated heterocycles. The lowest BCUT2D eigenvalue weighted by Crippen LogP contribution is -2.51. The molecule has 6 heteroatoms. The minimum atomic E-state index is -1.44. The maximum atomic E-state index is 13.4. The third-order valence-electron chi connectivity index (χ3n) is 8.17. The van der Waals surface area contributed by atoms with Crippen LogP contribution in [0.4, 0.5) is 0 Å². The van der Waals surface area contributed by atoms with Gasteiger partial charge in [0, 0.05) is 31.6 Å². The Morgan fingerprint density at radius 1 is 1.03 bits per heavy atom. The lowest BCUT2D eigenvalue weighted by molar-refractivity contribution is -0.147. The summed E-state index contributed by atoms with van der Waals surface area (Å²) in [4.78, 5) is 27.4. The molecule has 2 aliphatic carbocycles. The van der Waals surface area contributed by atoms with Crippen molar-refractivity contribution in [1.29, 1.82) is 0 Å². The maximum absolute atomic E-state index is 13.4. The monoisotopic (exact) mass is 462 g/mol. The molecule has 0 spiro atoms. The third kappa shape index (κ3) is 4.37. The van der Waals surface area contributed by atoms with Gasteiger partial charge in [0.25, 0.3) is 5.91 Å². The highest BCUT2D eigenvalue weighted by molar-refractivity contribution is 5.89. The van der Waals surface area contributed by atoms with Gasteiger partial charge in [0.05, 0.1) is 12.7 Å². The molecule has 0 radical (unpaired) electrons. The number of carbonyl (C=O) groups is 2. The molecule has 5 rings (SSSR count). The number of methoxy groups -OCH3 is 1. The molecule has 2 aromatic carbocycles. The zero-order chi connectivity index (χ0) is 23.7. The van der Waals surface area contributed by atoms with Crippen LogP contribution in [0.15, 0.2) is 54.6 Å². The van der Waals surface area contributed by atoms with E-state index in [1.807, 2.05) is 54.6 Å². The summed E-state index contributed by atoms with van der Waals surface area (Å²) in [5.74, 6) is 0.382. The molecule has 3 aliphatic rings. The Morgan fingerprint density at radius 3 is 2.29 bits per heavy atom. The molecule has 2 N–H and O–H groups in total. The number of hydrogen-bond acceptors (Lipinski definition) is 5. The molecule has 6 nitrogen and oxygen atoms in total. The smallest absolute Gasteiger partial charge is 0.337 e. The Balaban J connectivity index is 1.14. The van der Waals surface area contributed by atoms with Crippen molar-refractivity contribution >= 4 is 11.9 Å². The fraction of sp³-hybridized carbons (Fsp3) is 0.500. The number of piperidine rings is 1. The molecule has 1 heterocycles. The Bertz CT molecular complexity index is 1010. The summed E-state index contributed by atoms with van der Waals surface area (Å²) in [5, 5.41) is 14.9. The van der Waals surface area contributed by atoms with Gasteiger partial charge in [-0.2, -0.15) is 0 Å². The minimum Gasteiger partial charge on any atom is -0.465 e. The normalized spacial score (nSPS) is 26.0. The summed E-state index contributed by atoms with van der Waals surface area (Å²) in [6, 6.07) is 17.2. The largest absolute Gasteiger partial charge is 0.465 e. The molecule has 4 atom stereocenters. The van der Waals surface area contributed by atoms with Crippen molar-refractivity contribution in [3.8, 4) is 0 Å². The van der Waals surface area contributed by atoms with Gasteiger partial charge in [-0.05, 0) is 54.4 Å². The van der Waals surface area contributed by atoms with Gasteiger partial charge in [0.15, 0.2) is 5.60 Å². The van der Waals surface area contributed by atoms with Crippen LogP contribution >= 0.6 is 0 Å². The molecule has 3 unspecified atom stereocenters. The highest BCUT2D eigenvalue weighted by atomic mass is 16.5. The number of amides is 1. The Morgan fingerprint density at radius 2 is 1.68 bits per heavy atom. The second-order valence-electron chi connectivity index (χ2n) is 10.1. The van der Waals surface area contributed by atoms with Crippen molar-refractivity contribution in [2.75, 3.05) is 26.7 Å². The molecule has 2 aromatic rings. The van der Waals surface area contributed by atoms with Crippen LogP contribution in [-0.2, 0) is 21.6 Å². The highest BCUT2D eigenvalue weighted by Gasteiger charge is 2.58.